The number of halogens is 5. The minimum absolute atomic E-state index is 0.275. The number of aromatic nitrogens is 2. The van der Waals surface area contributed by atoms with Crippen LogP contribution < -0.4 is 10.2 Å². The van der Waals surface area contributed by atoms with Crippen molar-refractivity contribution in [2.75, 3.05) is 29.1 Å². The van der Waals surface area contributed by atoms with Gasteiger partial charge in [-0.2, -0.15) is 18.2 Å². The molecule has 1 aliphatic carbocycles. The number of thiophene rings is 1. The molecule has 1 aliphatic rings. The van der Waals surface area contributed by atoms with Gasteiger partial charge in [0.05, 0.1) is 16.8 Å². The highest BCUT2D eigenvalue weighted by Gasteiger charge is 2.47. The molecule has 41 heavy (non-hydrogen) atoms. The van der Waals surface area contributed by atoms with Crippen LogP contribution in [0.5, 0.6) is 0 Å². The van der Waals surface area contributed by atoms with Crippen LogP contribution in [0.3, 0.4) is 0 Å². The lowest BCUT2D eigenvalue weighted by Crippen LogP contribution is -2.40. The average molecular weight is 642 g/mol. The van der Waals surface area contributed by atoms with Crippen molar-refractivity contribution in [3.05, 3.63) is 75.3 Å². The molecule has 0 unspecified atom stereocenters. The van der Waals surface area contributed by atoms with E-state index in [-0.39, 0.29) is 5.69 Å². The predicted molar refractivity (Wildman–Crippen MR) is 158 cm³/mol. The van der Waals surface area contributed by atoms with E-state index in [1.807, 2.05) is 24.4 Å². The van der Waals surface area contributed by atoms with Crippen molar-refractivity contribution in [3.63, 3.8) is 0 Å². The molecule has 13 heteroatoms. The molecular weight excluding hydrogens is 616 g/mol. The number of nitrogens with one attached hydrogen (secondary N) is 1. The van der Waals surface area contributed by atoms with Crippen LogP contribution in [0.15, 0.2) is 63.3 Å². The van der Waals surface area contributed by atoms with E-state index in [0.29, 0.717) is 45.9 Å². The molecule has 1 fully saturated rings. The molecule has 2 heterocycles. The Morgan fingerprint density at radius 1 is 1.17 bits per heavy atom. The molecular formula is C28H25Cl2F3N4O2S2. The monoisotopic (exact) mass is 640 g/mol. The Bertz CT molecular complexity index is 1480. The van der Waals surface area contributed by atoms with Gasteiger partial charge in [0.1, 0.15) is 6.54 Å². The van der Waals surface area contributed by atoms with Gasteiger partial charge in [-0.25, -0.2) is 0 Å². The van der Waals surface area contributed by atoms with Crippen molar-refractivity contribution in [2.45, 2.75) is 42.7 Å². The van der Waals surface area contributed by atoms with Crippen LogP contribution in [-0.4, -0.2) is 41.1 Å². The standard InChI is InChI=1S/C28H25Cl2F3N4O2S2/c1-2-40-19-8-6-18(7-9-19)37(16-28(31,32)33)15-23(38)34-17-13-20(29)24(21(30)14-17)27(10-4-11-27)26-35-25(39-36-26)22-5-3-12-41-22/h3,5-9,12-14H,2,4,10-11,15-16H2,1H3,(H,34,38). The SMILES string of the molecule is CCSc1ccc(N(CC(=O)Nc2cc(Cl)c(C3(c4noc(-c5cccs5)n4)CCC3)c(Cl)c2)CC(F)(F)F)cc1. The summed E-state index contributed by atoms with van der Waals surface area (Å²) >= 11 is 16.5. The molecule has 2 aromatic carbocycles. The Morgan fingerprint density at radius 2 is 1.88 bits per heavy atom. The molecule has 1 amide bonds. The van der Waals surface area contributed by atoms with E-state index in [1.54, 1.807) is 48.2 Å². The fourth-order valence-corrected chi connectivity index (χ4v) is 7.04. The molecule has 0 saturated heterocycles. The van der Waals surface area contributed by atoms with Crippen molar-refractivity contribution in [1.29, 1.82) is 0 Å². The van der Waals surface area contributed by atoms with E-state index < -0.39 is 30.6 Å². The fourth-order valence-electron chi connectivity index (χ4n) is 4.89. The van der Waals surface area contributed by atoms with Gasteiger partial charge in [0.25, 0.3) is 5.89 Å². The Hall–Kier alpha value is -2.73. The van der Waals surface area contributed by atoms with E-state index in [2.05, 4.69) is 15.5 Å². The first-order chi connectivity index (χ1) is 19.6. The maximum absolute atomic E-state index is 13.4. The summed E-state index contributed by atoms with van der Waals surface area (Å²) in [5.74, 6) is 1.10. The summed E-state index contributed by atoms with van der Waals surface area (Å²) in [6, 6.07) is 13.5. The number of carbonyl (C=O) groups is 1. The summed E-state index contributed by atoms with van der Waals surface area (Å²) in [5.41, 5.74) is 0.560. The third-order valence-electron chi connectivity index (χ3n) is 6.82. The quantitative estimate of drug-likeness (QED) is 0.175. The molecule has 5 rings (SSSR count). The van der Waals surface area contributed by atoms with Crippen molar-refractivity contribution in [3.8, 4) is 10.8 Å². The molecule has 0 spiro atoms. The second-order valence-electron chi connectivity index (χ2n) is 9.60. The van der Waals surface area contributed by atoms with Crippen LogP contribution >= 0.6 is 46.3 Å². The Labute approximate surface area is 253 Å². The largest absolute Gasteiger partial charge is 0.405 e. The van der Waals surface area contributed by atoms with Crippen LogP contribution in [0, 0.1) is 0 Å². The number of hydrogen-bond donors (Lipinski definition) is 1. The van der Waals surface area contributed by atoms with E-state index in [4.69, 9.17) is 27.7 Å². The lowest BCUT2D eigenvalue weighted by molar-refractivity contribution is -0.122. The molecule has 0 bridgehead atoms. The molecule has 4 aromatic rings. The van der Waals surface area contributed by atoms with Gasteiger partial charge < -0.3 is 14.7 Å². The van der Waals surface area contributed by atoms with Gasteiger partial charge in [0.15, 0.2) is 5.82 Å². The molecule has 1 saturated carbocycles. The van der Waals surface area contributed by atoms with Crippen LogP contribution in [0.25, 0.3) is 10.8 Å². The first-order valence-electron chi connectivity index (χ1n) is 12.8. The van der Waals surface area contributed by atoms with Gasteiger partial charge in [-0.15, -0.1) is 23.1 Å². The number of benzene rings is 2. The van der Waals surface area contributed by atoms with Crippen LogP contribution in [0.1, 0.15) is 37.6 Å². The molecule has 2 aromatic heterocycles. The first kappa shape index (κ1) is 29.8. The van der Waals surface area contributed by atoms with Crippen molar-refractivity contribution < 1.29 is 22.5 Å². The average Bonchev–Trinajstić information content (AvgIpc) is 3.57. The highest BCUT2D eigenvalue weighted by molar-refractivity contribution is 7.99. The van der Waals surface area contributed by atoms with Crippen LogP contribution in [0.2, 0.25) is 10.0 Å². The molecule has 216 valence electrons. The topological polar surface area (TPSA) is 71.3 Å². The van der Waals surface area contributed by atoms with Gasteiger partial charge >= 0.3 is 6.18 Å². The van der Waals surface area contributed by atoms with Crippen LogP contribution in [-0.2, 0) is 10.2 Å². The van der Waals surface area contributed by atoms with E-state index in [0.717, 1.165) is 26.8 Å². The number of nitrogens with zero attached hydrogens (tertiary/aromatic N) is 3. The number of anilines is 2. The summed E-state index contributed by atoms with van der Waals surface area (Å²) < 4.78 is 45.6. The van der Waals surface area contributed by atoms with Crippen molar-refractivity contribution in [1.82, 2.24) is 10.1 Å². The zero-order valence-electron chi connectivity index (χ0n) is 21.8. The van der Waals surface area contributed by atoms with Gasteiger partial charge in [-0.3, -0.25) is 4.79 Å². The van der Waals surface area contributed by atoms with Gasteiger partial charge in [0, 0.05) is 31.9 Å². The third-order valence-corrected chi connectivity index (χ3v) is 9.16. The molecule has 1 N–H and O–H groups in total. The Morgan fingerprint density at radius 3 is 2.44 bits per heavy atom. The van der Waals surface area contributed by atoms with E-state index in [9.17, 15) is 18.0 Å². The van der Waals surface area contributed by atoms with Gasteiger partial charge in [0.2, 0.25) is 5.91 Å². The highest BCUT2D eigenvalue weighted by Crippen LogP contribution is 2.53. The zero-order chi connectivity index (χ0) is 29.2. The number of alkyl halides is 3. The van der Waals surface area contributed by atoms with Crippen LogP contribution in [0.4, 0.5) is 24.5 Å². The molecule has 0 radical (unpaired) electrons. The van der Waals surface area contributed by atoms with Gasteiger partial charge in [-0.05, 0) is 66.4 Å². The summed E-state index contributed by atoms with van der Waals surface area (Å²) in [5, 5.41) is 9.40. The predicted octanol–water partition coefficient (Wildman–Crippen LogP) is 8.69. The Kier molecular flexibility index (Phi) is 8.89. The third kappa shape index (κ3) is 6.69. The minimum atomic E-state index is -4.50. The van der Waals surface area contributed by atoms with Crippen molar-refractivity contribution >= 4 is 63.6 Å². The number of rotatable bonds is 10. The smallest absolute Gasteiger partial charge is 0.353 e. The van der Waals surface area contributed by atoms with Crippen molar-refractivity contribution in [2.24, 2.45) is 0 Å². The number of hydrogen-bond acceptors (Lipinski definition) is 7. The Balaban J connectivity index is 1.35. The molecule has 6 nitrogen and oxygen atoms in total. The number of amides is 1. The lowest BCUT2D eigenvalue weighted by Gasteiger charge is -2.40. The highest BCUT2D eigenvalue weighted by atomic mass is 35.5. The minimum Gasteiger partial charge on any atom is -0.353 e. The second-order valence-corrected chi connectivity index (χ2v) is 12.7. The van der Waals surface area contributed by atoms with Gasteiger partial charge in [-0.1, -0.05) is 47.8 Å². The maximum Gasteiger partial charge on any atom is 0.405 e. The molecule has 0 aliphatic heterocycles. The zero-order valence-corrected chi connectivity index (χ0v) is 24.9. The molecule has 0 atom stereocenters. The first-order valence-corrected chi connectivity index (χ1v) is 15.4. The van der Waals surface area contributed by atoms with E-state index in [1.165, 1.54) is 11.3 Å². The summed E-state index contributed by atoms with van der Waals surface area (Å²) in [6.45, 7) is 0.195. The fraction of sp³-hybridized carbons (Fsp3) is 0.321. The number of thioether (sulfide) groups is 1. The second kappa shape index (κ2) is 12.2. The normalized spacial score (nSPS) is 14.5. The lowest BCUT2D eigenvalue weighted by atomic mass is 9.64. The summed E-state index contributed by atoms with van der Waals surface area (Å²) in [4.78, 5) is 20.3. The van der Waals surface area contributed by atoms with E-state index >= 15 is 0 Å². The number of carbonyl (C=O) groups excluding carboxylic acids is 1. The summed E-state index contributed by atoms with van der Waals surface area (Å²) in [6.07, 6.45) is -2.16. The summed E-state index contributed by atoms with van der Waals surface area (Å²) in [7, 11) is 0. The maximum atomic E-state index is 13.4.